The molecule has 0 bridgehead atoms. The third-order valence-corrected chi connectivity index (χ3v) is 1.79. The van der Waals surface area contributed by atoms with Crippen LogP contribution in [0.4, 0.5) is 5.69 Å². The van der Waals surface area contributed by atoms with Crippen LogP contribution in [-0.2, 0) is 6.54 Å². The summed E-state index contributed by atoms with van der Waals surface area (Å²) in [5.74, 6) is 1.20. The number of para-hydroxylation sites is 1. The van der Waals surface area contributed by atoms with Crippen molar-refractivity contribution in [3.63, 3.8) is 0 Å². The van der Waals surface area contributed by atoms with Crippen LogP contribution in [0, 0.1) is 6.92 Å². The van der Waals surface area contributed by atoms with Crippen molar-refractivity contribution in [1.82, 2.24) is 10.2 Å². The van der Waals surface area contributed by atoms with E-state index < -0.39 is 0 Å². The van der Waals surface area contributed by atoms with Crippen LogP contribution in [0.5, 0.6) is 0 Å². The van der Waals surface area contributed by atoms with Gasteiger partial charge >= 0.3 is 0 Å². The Kier molecular flexibility index (Phi) is 5.05. The highest BCUT2D eigenvalue weighted by Crippen LogP contribution is 2.07. The molecule has 0 fully saturated rings. The van der Waals surface area contributed by atoms with E-state index in [1.54, 1.807) is 6.92 Å². The molecule has 0 unspecified atom stereocenters. The van der Waals surface area contributed by atoms with Gasteiger partial charge in [0.05, 0.1) is 6.54 Å². The first-order chi connectivity index (χ1) is 7.84. The molecule has 0 atom stereocenters. The molecule has 0 saturated heterocycles. The number of hydrogen-bond donors (Lipinski definition) is 1. The lowest BCUT2D eigenvalue weighted by atomic mass is 10.3. The smallest absolute Gasteiger partial charge is 0.235 e. The molecule has 1 aromatic heterocycles. The summed E-state index contributed by atoms with van der Waals surface area (Å²) in [6, 6.07) is 9.90. The van der Waals surface area contributed by atoms with E-state index in [4.69, 9.17) is 4.42 Å². The predicted molar refractivity (Wildman–Crippen MR) is 64.2 cm³/mol. The number of hydrogen-bond acceptors (Lipinski definition) is 4. The molecule has 2 aromatic rings. The summed E-state index contributed by atoms with van der Waals surface area (Å²) in [5, 5.41) is 10.8. The van der Waals surface area contributed by atoms with E-state index in [0.29, 0.717) is 18.3 Å². The minimum atomic E-state index is 0.560. The summed E-state index contributed by atoms with van der Waals surface area (Å²) in [5.41, 5.74) is 1.04. The average Bonchev–Trinajstić information content (AvgIpc) is 2.77. The molecule has 1 aromatic carbocycles. The van der Waals surface area contributed by atoms with Crippen molar-refractivity contribution < 1.29 is 4.42 Å². The number of rotatable bonds is 3. The van der Waals surface area contributed by atoms with Gasteiger partial charge in [0.25, 0.3) is 0 Å². The average molecular weight is 219 g/mol. The van der Waals surface area contributed by atoms with E-state index in [1.165, 1.54) is 0 Å². The SMILES string of the molecule is CC.Cc1nnc(CNc2ccccc2)o1. The number of anilines is 1. The minimum absolute atomic E-state index is 0.560. The zero-order valence-electron chi connectivity index (χ0n) is 9.90. The van der Waals surface area contributed by atoms with Crippen molar-refractivity contribution in [2.45, 2.75) is 27.3 Å². The van der Waals surface area contributed by atoms with Crippen LogP contribution >= 0.6 is 0 Å². The van der Waals surface area contributed by atoms with Crippen molar-refractivity contribution in [1.29, 1.82) is 0 Å². The summed E-state index contributed by atoms with van der Waals surface area (Å²) in [4.78, 5) is 0. The molecule has 1 heterocycles. The Morgan fingerprint density at radius 1 is 1.12 bits per heavy atom. The Bertz CT molecular complexity index is 398. The van der Waals surface area contributed by atoms with Gasteiger partial charge in [0, 0.05) is 12.6 Å². The van der Waals surface area contributed by atoms with Gasteiger partial charge in [-0.2, -0.15) is 0 Å². The third kappa shape index (κ3) is 3.73. The summed E-state index contributed by atoms with van der Waals surface area (Å²) in [6.07, 6.45) is 0. The van der Waals surface area contributed by atoms with Crippen molar-refractivity contribution in [3.8, 4) is 0 Å². The Morgan fingerprint density at radius 2 is 1.81 bits per heavy atom. The highest BCUT2D eigenvalue weighted by atomic mass is 16.4. The number of benzene rings is 1. The van der Waals surface area contributed by atoms with Gasteiger partial charge in [-0.3, -0.25) is 0 Å². The Labute approximate surface area is 95.7 Å². The topological polar surface area (TPSA) is 51.0 Å². The van der Waals surface area contributed by atoms with E-state index in [-0.39, 0.29) is 0 Å². The summed E-state index contributed by atoms with van der Waals surface area (Å²) < 4.78 is 5.22. The fourth-order valence-electron chi connectivity index (χ4n) is 1.14. The monoisotopic (exact) mass is 219 g/mol. The summed E-state index contributed by atoms with van der Waals surface area (Å²) in [6.45, 7) is 6.34. The van der Waals surface area contributed by atoms with Gasteiger partial charge in [0.1, 0.15) is 0 Å². The van der Waals surface area contributed by atoms with Crippen molar-refractivity contribution in [2.24, 2.45) is 0 Å². The number of nitrogens with zero attached hydrogens (tertiary/aromatic N) is 2. The lowest BCUT2D eigenvalue weighted by molar-refractivity contribution is 0.475. The van der Waals surface area contributed by atoms with Crippen molar-refractivity contribution in [3.05, 3.63) is 42.1 Å². The van der Waals surface area contributed by atoms with Gasteiger partial charge in [-0.15, -0.1) is 10.2 Å². The van der Waals surface area contributed by atoms with Crippen LogP contribution in [0.15, 0.2) is 34.7 Å². The fraction of sp³-hybridized carbons (Fsp3) is 0.333. The number of nitrogens with one attached hydrogen (secondary N) is 1. The second-order valence-corrected chi connectivity index (χ2v) is 2.93. The maximum atomic E-state index is 5.22. The molecular formula is C12H17N3O. The van der Waals surface area contributed by atoms with Gasteiger partial charge in [-0.1, -0.05) is 32.0 Å². The zero-order chi connectivity index (χ0) is 11.8. The number of aryl methyl sites for hydroxylation is 1. The third-order valence-electron chi connectivity index (χ3n) is 1.79. The standard InChI is InChI=1S/C10H11N3O.C2H6/c1-8-12-13-10(14-8)7-11-9-5-3-2-4-6-9;1-2/h2-6,11H,7H2,1H3;1-2H3. The largest absolute Gasteiger partial charge is 0.424 e. The van der Waals surface area contributed by atoms with Gasteiger partial charge in [0.15, 0.2) is 0 Å². The molecule has 2 rings (SSSR count). The van der Waals surface area contributed by atoms with Crippen LogP contribution in [0.2, 0.25) is 0 Å². The first kappa shape index (κ1) is 12.2. The summed E-state index contributed by atoms with van der Waals surface area (Å²) in [7, 11) is 0. The predicted octanol–water partition coefficient (Wildman–Crippen LogP) is 3.02. The van der Waals surface area contributed by atoms with Crippen LogP contribution in [0.1, 0.15) is 25.6 Å². The molecule has 4 nitrogen and oxygen atoms in total. The second-order valence-electron chi connectivity index (χ2n) is 2.93. The van der Waals surface area contributed by atoms with Gasteiger partial charge in [-0.05, 0) is 12.1 Å². The molecule has 86 valence electrons. The highest BCUT2D eigenvalue weighted by Gasteiger charge is 2.00. The number of aromatic nitrogens is 2. The van der Waals surface area contributed by atoms with Gasteiger partial charge in [-0.25, -0.2) is 0 Å². The first-order valence-corrected chi connectivity index (χ1v) is 5.42. The molecule has 0 radical (unpaired) electrons. The molecule has 0 aliphatic heterocycles. The van der Waals surface area contributed by atoms with Crippen LogP contribution in [0.3, 0.4) is 0 Å². The molecule has 0 aliphatic rings. The fourth-order valence-corrected chi connectivity index (χ4v) is 1.14. The minimum Gasteiger partial charge on any atom is -0.424 e. The van der Waals surface area contributed by atoms with Crippen molar-refractivity contribution >= 4 is 5.69 Å². The second kappa shape index (κ2) is 6.61. The van der Waals surface area contributed by atoms with Gasteiger partial charge < -0.3 is 9.73 Å². The highest BCUT2D eigenvalue weighted by molar-refractivity contribution is 5.42. The van der Waals surface area contributed by atoms with E-state index in [9.17, 15) is 0 Å². The molecule has 4 heteroatoms. The maximum absolute atomic E-state index is 5.22. The molecule has 16 heavy (non-hydrogen) atoms. The van der Waals surface area contributed by atoms with Crippen LogP contribution < -0.4 is 5.32 Å². The van der Waals surface area contributed by atoms with Crippen LogP contribution in [0.25, 0.3) is 0 Å². The van der Waals surface area contributed by atoms with Crippen molar-refractivity contribution in [2.75, 3.05) is 5.32 Å². The molecule has 0 aliphatic carbocycles. The molecule has 0 saturated carbocycles. The quantitative estimate of drug-likeness (QED) is 0.862. The molecule has 0 amide bonds. The van der Waals surface area contributed by atoms with E-state index in [1.807, 2.05) is 44.2 Å². The Hall–Kier alpha value is -1.84. The maximum Gasteiger partial charge on any atom is 0.235 e. The van der Waals surface area contributed by atoms with Gasteiger partial charge in [0.2, 0.25) is 11.8 Å². The zero-order valence-corrected chi connectivity index (χ0v) is 9.90. The lowest BCUT2D eigenvalue weighted by Crippen LogP contribution is -1.99. The normalized spacial score (nSPS) is 9.19. The Morgan fingerprint density at radius 3 is 2.38 bits per heavy atom. The molecule has 1 N–H and O–H groups in total. The van der Waals surface area contributed by atoms with E-state index in [0.717, 1.165) is 5.69 Å². The first-order valence-electron chi connectivity index (χ1n) is 5.42. The van der Waals surface area contributed by atoms with Crippen LogP contribution in [-0.4, -0.2) is 10.2 Å². The van der Waals surface area contributed by atoms with E-state index >= 15 is 0 Å². The summed E-state index contributed by atoms with van der Waals surface area (Å²) >= 11 is 0. The van der Waals surface area contributed by atoms with E-state index in [2.05, 4.69) is 15.5 Å². The lowest BCUT2D eigenvalue weighted by Gasteiger charge is -2.01. The molecular weight excluding hydrogens is 202 g/mol. The Balaban J connectivity index is 0.000000606. The molecule has 0 spiro atoms.